The van der Waals surface area contributed by atoms with Crippen LogP contribution in [0.2, 0.25) is 0 Å². The topological polar surface area (TPSA) is 104 Å². The lowest BCUT2D eigenvalue weighted by Gasteiger charge is -2.45. The summed E-state index contributed by atoms with van der Waals surface area (Å²) in [5.74, 6) is -2.92. The van der Waals surface area contributed by atoms with Crippen LogP contribution in [0.25, 0.3) is 0 Å². The molecule has 16 heteroatoms. The molecule has 1 atom stereocenters. The van der Waals surface area contributed by atoms with Gasteiger partial charge in [0.1, 0.15) is 11.7 Å². The van der Waals surface area contributed by atoms with E-state index in [1.54, 1.807) is 0 Å². The Morgan fingerprint density at radius 3 is 2.00 bits per heavy atom. The SMILES string of the molecule is CC(=O)N1Cc2cc(S(C)(=O)=O)ccc2C1C(=O)Nc1ccc(C(CC(=O)N2CC(C)(F)C2)(C(F)(F)F)C(F)(F)F)cc1. The highest BCUT2D eigenvalue weighted by Crippen LogP contribution is 2.55. The first-order chi connectivity index (χ1) is 19.6. The molecule has 1 fully saturated rings. The fourth-order valence-electron chi connectivity index (χ4n) is 5.34. The molecular formula is C27H26F7N3O5S. The Morgan fingerprint density at radius 2 is 1.53 bits per heavy atom. The molecule has 1 unspecified atom stereocenters. The summed E-state index contributed by atoms with van der Waals surface area (Å²) in [6.45, 7) is 0.843. The van der Waals surface area contributed by atoms with Gasteiger partial charge in [-0.15, -0.1) is 0 Å². The number of rotatable bonds is 6. The van der Waals surface area contributed by atoms with Crippen LogP contribution in [-0.2, 0) is 36.2 Å². The van der Waals surface area contributed by atoms with Crippen molar-refractivity contribution < 1.29 is 53.5 Å². The van der Waals surface area contributed by atoms with Crippen LogP contribution in [0.5, 0.6) is 0 Å². The summed E-state index contributed by atoms with van der Waals surface area (Å²) < 4.78 is 123. The maximum Gasteiger partial charge on any atom is 0.407 e. The Bertz CT molecular complexity index is 1550. The number of halogens is 7. The Kier molecular flexibility index (Phi) is 7.86. The number of fused-ring (bicyclic) bond motifs is 1. The van der Waals surface area contributed by atoms with Crippen LogP contribution in [0.4, 0.5) is 36.4 Å². The van der Waals surface area contributed by atoms with Crippen LogP contribution in [0.3, 0.4) is 0 Å². The molecule has 2 aliphatic rings. The van der Waals surface area contributed by atoms with Crippen LogP contribution in [0.1, 0.15) is 43.0 Å². The van der Waals surface area contributed by atoms with Gasteiger partial charge in [-0.1, -0.05) is 18.2 Å². The Labute approximate surface area is 241 Å². The van der Waals surface area contributed by atoms with Crippen molar-refractivity contribution >= 4 is 33.2 Å². The average Bonchev–Trinajstić information content (AvgIpc) is 3.23. The molecule has 0 bridgehead atoms. The molecule has 0 saturated carbocycles. The Hall–Kier alpha value is -3.69. The predicted molar refractivity (Wildman–Crippen MR) is 138 cm³/mol. The summed E-state index contributed by atoms with van der Waals surface area (Å²) in [4.78, 5) is 39.6. The molecule has 3 amide bonds. The smallest absolute Gasteiger partial charge is 0.336 e. The van der Waals surface area contributed by atoms with Gasteiger partial charge in [0.15, 0.2) is 15.3 Å². The third-order valence-corrected chi connectivity index (χ3v) is 8.68. The van der Waals surface area contributed by atoms with Crippen molar-refractivity contribution in [2.45, 2.75) is 61.2 Å². The first-order valence-corrected chi connectivity index (χ1v) is 14.6. The summed E-state index contributed by atoms with van der Waals surface area (Å²) in [7, 11) is -3.61. The summed E-state index contributed by atoms with van der Waals surface area (Å²) in [6.07, 6.45) is -13.0. The van der Waals surface area contributed by atoms with Gasteiger partial charge in [0.05, 0.1) is 24.4 Å². The largest absolute Gasteiger partial charge is 0.407 e. The third kappa shape index (κ3) is 5.93. The molecule has 2 aromatic carbocycles. The van der Waals surface area contributed by atoms with Crippen molar-refractivity contribution in [2.75, 3.05) is 24.7 Å². The van der Waals surface area contributed by atoms with Crippen molar-refractivity contribution in [1.82, 2.24) is 9.80 Å². The van der Waals surface area contributed by atoms with Gasteiger partial charge in [-0.25, -0.2) is 12.8 Å². The van der Waals surface area contributed by atoms with E-state index in [9.17, 15) is 53.5 Å². The molecule has 2 heterocycles. The van der Waals surface area contributed by atoms with Crippen molar-refractivity contribution in [3.05, 3.63) is 59.2 Å². The molecular weight excluding hydrogens is 611 g/mol. The van der Waals surface area contributed by atoms with Gasteiger partial charge in [0.2, 0.25) is 11.8 Å². The summed E-state index contributed by atoms with van der Waals surface area (Å²) in [5.41, 5.74) is -7.39. The number of benzene rings is 2. The number of hydrogen-bond acceptors (Lipinski definition) is 5. The van der Waals surface area contributed by atoms with E-state index in [1.165, 1.54) is 25.1 Å². The molecule has 0 aromatic heterocycles. The van der Waals surface area contributed by atoms with Crippen molar-refractivity contribution in [3.8, 4) is 0 Å². The van der Waals surface area contributed by atoms with E-state index in [4.69, 9.17) is 0 Å². The second-order valence-corrected chi connectivity index (χ2v) is 13.0. The highest BCUT2D eigenvalue weighted by Gasteiger charge is 2.72. The van der Waals surface area contributed by atoms with Gasteiger partial charge in [0, 0.05) is 25.4 Å². The van der Waals surface area contributed by atoms with E-state index in [1.807, 2.05) is 0 Å². The number of sulfone groups is 1. The van der Waals surface area contributed by atoms with Crippen molar-refractivity contribution in [3.63, 3.8) is 0 Å². The van der Waals surface area contributed by atoms with Crippen LogP contribution in [-0.4, -0.2) is 73.3 Å². The zero-order valence-electron chi connectivity index (χ0n) is 22.9. The summed E-state index contributed by atoms with van der Waals surface area (Å²) in [6, 6.07) is 5.22. The van der Waals surface area contributed by atoms with Gasteiger partial charge in [-0.2, -0.15) is 26.3 Å². The molecule has 0 radical (unpaired) electrons. The Balaban J connectivity index is 1.64. The average molecular weight is 638 g/mol. The summed E-state index contributed by atoms with van der Waals surface area (Å²) in [5, 5.41) is 2.37. The zero-order chi connectivity index (χ0) is 32.3. The number of alkyl halides is 7. The van der Waals surface area contributed by atoms with Crippen LogP contribution in [0, 0.1) is 0 Å². The van der Waals surface area contributed by atoms with Crippen LogP contribution in [0.15, 0.2) is 47.4 Å². The monoisotopic (exact) mass is 637 g/mol. The number of likely N-dealkylation sites (tertiary alicyclic amines) is 1. The van der Waals surface area contributed by atoms with E-state index in [0.717, 1.165) is 30.2 Å². The van der Waals surface area contributed by atoms with E-state index in [0.29, 0.717) is 28.2 Å². The number of hydrogen-bond donors (Lipinski definition) is 1. The standard InChI is InChI=1S/C27H26F7N3O5S/c1-15(38)37-12-16-10-19(43(3,41)42)8-9-20(16)22(37)23(40)35-18-6-4-17(5-7-18)25(26(29,30)31,27(32,33)34)11-21(39)36-13-24(2,28)14-36/h4-10,22H,11-14H2,1-3H3,(H,35,40). The van der Waals surface area contributed by atoms with Crippen LogP contribution < -0.4 is 5.32 Å². The highest BCUT2D eigenvalue weighted by atomic mass is 32.2. The normalized spacial score (nSPS) is 18.6. The van der Waals surface area contributed by atoms with E-state index < -0.39 is 82.1 Å². The number of carbonyl (C=O) groups is 3. The number of nitrogens with zero attached hydrogens (tertiary/aromatic N) is 2. The lowest BCUT2D eigenvalue weighted by molar-refractivity contribution is -0.304. The number of nitrogens with one attached hydrogen (secondary N) is 1. The molecule has 1 N–H and O–H groups in total. The lowest BCUT2D eigenvalue weighted by Crippen LogP contribution is -2.62. The minimum atomic E-state index is -5.98. The fourth-order valence-corrected chi connectivity index (χ4v) is 6.01. The first kappa shape index (κ1) is 32.2. The molecule has 4 rings (SSSR count). The quantitative estimate of drug-likeness (QED) is 0.472. The molecule has 1 saturated heterocycles. The summed E-state index contributed by atoms with van der Waals surface area (Å²) >= 11 is 0. The maximum atomic E-state index is 14.2. The number of anilines is 1. The molecule has 0 spiro atoms. The van der Waals surface area contributed by atoms with Crippen molar-refractivity contribution in [1.29, 1.82) is 0 Å². The minimum Gasteiger partial charge on any atom is -0.336 e. The minimum absolute atomic E-state index is 0.0458. The van der Waals surface area contributed by atoms with Gasteiger partial charge < -0.3 is 15.1 Å². The first-order valence-electron chi connectivity index (χ1n) is 12.7. The molecule has 0 aliphatic carbocycles. The number of amides is 3. The van der Waals surface area contributed by atoms with E-state index in [-0.39, 0.29) is 17.1 Å². The third-order valence-electron chi connectivity index (χ3n) is 7.57. The zero-order valence-corrected chi connectivity index (χ0v) is 23.8. The van der Waals surface area contributed by atoms with Gasteiger partial charge >= 0.3 is 12.4 Å². The second kappa shape index (κ2) is 10.5. The molecule has 8 nitrogen and oxygen atoms in total. The molecule has 2 aliphatic heterocycles. The predicted octanol–water partition coefficient (Wildman–Crippen LogP) is 4.45. The Morgan fingerprint density at radius 1 is 0.977 bits per heavy atom. The number of carbonyl (C=O) groups excluding carboxylic acids is 3. The fraction of sp³-hybridized carbons (Fsp3) is 0.444. The second-order valence-electron chi connectivity index (χ2n) is 11.0. The van der Waals surface area contributed by atoms with E-state index >= 15 is 0 Å². The molecule has 234 valence electrons. The molecule has 2 aromatic rings. The maximum absolute atomic E-state index is 14.2. The highest BCUT2D eigenvalue weighted by molar-refractivity contribution is 7.90. The van der Waals surface area contributed by atoms with E-state index in [2.05, 4.69) is 5.32 Å². The van der Waals surface area contributed by atoms with Crippen LogP contribution >= 0.6 is 0 Å². The lowest BCUT2D eigenvalue weighted by atomic mass is 9.75. The molecule has 43 heavy (non-hydrogen) atoms. The van der Waals surface area contributed by atoms with Crippen molar-refractivity contribution in [2.24, 2.45) is 0 Å². The van der Waals surface area contributed by atoms with Gasteiger partial charge in [0.25, 0.3) is 5.91 Å². The van der Waals surface area contributed by atoms with Gasteiger partial charge in [-0.05, 0) is 47.9 Å². The van der Waals surface area contributed by atoms with Gasteiger partial charge in [-0.3, -0.25) is 14.4 Å².